The Kier molecular flexibility index (Phi) is 8.38. The summed E-state index contributed by atoms with van der Waals surface area (Å²) in [5, 5.41) is 19.5. The Labute approximate surface area is 246 Å². The van der Waals surface area contributed by atoms with Gasteiger partial charge in [-0.25, -0.2) is 19.8 Å². The van der Waals surface area contributed by atoms with Gasteiger partial charge >= 0.3 is 12.0 Å². The van der Waals surface area contributed by atoms with Gasteiger partial charge in [-0.2, -0.15) is 0 Å². The Morgan fingerprint density at radius 3 is 2.90 bits per heavy atom. The number of aromatic nitrogens is 3. The van der Waals surface area contributed by atoms with E-state index < -0.39 is 29.1 Å². The zero-order chi connectivity index (χ0) is 29.9. The number of H-pyrrole nitrogens is 1. The molecule has 2 amide bonds. The zero-order valence-electron chi connectivity index (χ0n) is 23.6. The number of carboxylic acid groups (broad SMARTS) is 1. The second kappa shape index (κ2) is 12.0. The number of amides is 2. The minimum atomic E-state index is -1.51. The molecule has 3 atom stereocenters. The van der Waals surface area contributed by atoms with Gasteiger partial charge in [0.05, 0.1) is 39.4 Å². The van der Waals surface area contributed by atoms with Crippen LogP contribution in [0.15, 0.2) is 45.8 Å². The normalized spacial score (nSPS) is 23.7. The second-order valence-corrected chi connectivity index (χ2v) is 11.3. The number of thiazole rings is 1. The predicted octanol–water partition coefficient (Wildman–Crippen LogP) is 2.31. The molecule has 0 bridgehead atoms. The Bertz CT molecular complexity index is 1600. The Hall–Kier alpha value is -4.14. The molecule has 0 aliphatic carbocycles. The number of piperidine rings is 1. The second-order valence-electron chi connectivity index (χ2n) is 10.4. The van der Waals surface area contributed by atoms with E-state index in [1.165, 1.54) is 17.4 Å². The van der Waals surface area contributed by atoms with Gasteiger partial charge < -0.3 is 30.4 Å². The number of aliphatic imine (C=N–C) groups is 1. The van der Waals surface area contributed by atoms with Crippen molar-refractivity contribution < 1.29 is 19.4 Å². The average molecular weight is 595 g/mol. The van der Waals surface area contributed by atoms with Crippen molar-refractivity contribution in [1.82, 2.24) is 30.9 Å². The molecule has 3 aromatic rings. The number of aliphatic carboxylic acids is 1. The van der Waals surface area contributed by atoms with Gasteiger partial charge in [0.25, 0.3) is 5.56 Å². The topological polar surface area (TPSA) is 174 Å². The Balaban J connectivity index is 1.70. The fourth-order valence-corrected chi connectivity index (χ4v) is 6.43. The fourth-order valence-electron chi connectivity index (χ4n) is 5.63. The molecule has 2 aromatic heterocycles. The lowest BCUT2D eigenvalue weighted by atomic mass is 9.68. The molecule has 0 spiro atoms. The van der Waals surface area contributed by atoms with Crippen molar-refractivity contribution in [1.29, 1.82) is 0 Å². The van der Waals surface area contributed by atoms with E-state index in [0.717, 1.165) is 4.70 Å². The monoisotopic (exact) mass is 594 g/mol. The lowest BCUT2D eigenvalue weighted by Crippen LogP contribution is -2.71. The number of methoxy groups -OCH3 is 1. The summed E-state index contributed by atoms with van der Waals surface area (Å²) >= 11 is 1.42. The number of nitrogens with zero attached hydrogens (tertiary/aromatic N) is 4. The third-order valence-electron chi connectivity index (χ3n) is 7.81. The highest BCUT2D eigenvalue weighted by Gasteiger charge is 2.57. The number of carboxylic acids is 1. The first kappa shape index (κ1) is 29.4. The Morgan fingerprint density at radius 2 is 2.14 bits per heavy atom. The molecule has 5 N–H and O–H groups in total. The van der Waals surface area contributed by atoms with Crippen LogP contribution in [0.1, 0.15) is 26.1 Å². The van der Waals surface area contributed by atoms with E-state index >= 15 is 0 Å². The highest BCUT2D eigenvalue weighted by Crippen LogP contribution is 2.46. The quantitative estimate of drug-likeness (QED) is 0.249. The summed E-state index contributed by atoms with van der Waals surface area (Å²) in [6.07, 6.45) is 5.84. The minimum absolute atomic E-state index is 0.293. The summed E-state index contributed by atoms with van der Waals surface area (Å²) in [5.74, 6) is -2.68. The van der Waals surface area contributed by atoms with Crippen LogP contribution in [0.25, 0.3) is 21.5 Å². The summed E-state index contributed by atoms with van der Waals surface area (Å²) in [4.78, 5) is 57.1. The molecule has 2 aliphatic rings. The summed E-state index contributed by atoms with van der Waals surface area (Å²) in [6, 6.07) is 4.69. The van der Waals surface area contributed by atoms with Crippen LogP contribution < -0.4 is 26.4 Å². The van der Waals surface area contributed by atoms with Gasteiger partial charge in [0.2, 0.25) is 5.79 Å². The number of rotatable bonds is 9. The molecule has 13 nitrogen and oxygen atoms in total. The zero-order valence-corrected chi connectivity index (χ0v) is 24.5. The van der Waals surface area contributed by atoms with E-state index in [9.17, 15) is 19.5 Å². The molecule has 3 unspecified atom stereocenters. The van der Waals surface area contributed by atoms with Crippen molar-refractivity contribution in [3.05, 3.63) is 52.2 Å². The molecule has 4 heterocycles. The molecule has 1 fully saturated rings. The van der Waals surface area contributed by atoms with Gasteiger partial charge in [-0.1, -0.05) is 0 Å². The number of fused-ring (bicyclic) bond motifs is 1. The molecular weight excluding hydrogens is 560 g/mol. The maximum absolute atomic E-state index is 13.2. The van der Waals surface area contributed by atoms with Crippen LogP contribution in [0.2, 0.25) is 0 Å². The number of ether oxygens (including phenoxy) is 1. The number of hydrogen-bond acceptors (Lipinski definition) is 10. The van der Waals surface area contributed by atoms with Gasteiger partial charge in [-0.05, 0) is 45.0 Å². The Morgan fingerprint density at radius 1 is 1.31 bits per heavy atom. The molecular formula is C28H34N8O5S. The number of aromatic amines is 1. The van der Waals surface area contributed by atoms with Crippen LogP contribution in [0.4, 0.5) is 10.5 Å². The van der Waals surface area contributed by atoms with Gasteiger partial charge in [0.15, 0.2) is 0 Å². The van der Waals surface area contributed by atoms with Gasteiger partial charge in [-0.15, -0.1) is 11.3 Å². The molecule has 0 saturated carbocycles. The van der Waals surface area contributed by atoms with E-state index in [4.69, 9.17) is 14.7 Å². The van der Waals surface area contributed by atoms with Crippen molar-refractivity contribution in [2.24, 2.45) is 16.3 Å². The van der Waals surface area contributed by atoms with Gasteiger partial charge in [0.1, 0.15) is 5.82 Å². The largest absolute Gasteiger partial charge is 0.481 e. The highest BCUT2D eigenvalue weighted by atomic mass is 32.1. The number of urea groups is 1. The van der Waals surface area contributed by atoms with Crippen molar-refractivity contribution in [3.8, 4) is 11.3 Å². The molecule has 5 rings (SSSR count). The molecule has 2 aliphatic heterocycles. The molecule has 1 saturated heterocycles. The molecule has 42 heavy (non-hydrogen) atoms. The van der Waals surface area contributed by atoms with Crippen molar-refractivity contribution in [2.45, 2.75) is 32.5 Å². The standard InChI is InChI=1S/C28H34N8O5S/c1-4-30-26(40)35-28(21-15-29-9-7-27(21,2)25(38)39)32-8-5-10-36(28)17-12-18(24-20(13-17)31-16-42-24)19-14-23(37)34-22(33-19)6-11-41-3/h5,8,10,12-14,16,21,29H,4,6-7,9,11,15H2,1-3H3,(H,38,39)(H2,30,35,40)(H,33,34,37). The number of hydrogen-bond donors (Lipinski definition) is 5. The highest BCUT2D eigenvalue weighted by molar-refractivity contribution is 7.17. The van der Waals surface area contributed by atoms with E-state index in [1.54, 1.807) is 49.9 Å². The molecule has 222 valence electrons. The average Bonchev–Trinajstić information content (AvgIpc) is 3.44. The minimum Gasteiger partial charge on any atom is -0.481 e. The van der Waals surface area contributed by atoms with Crippen LogP contribution in [0.5, 0.6) is 0 Å². The van der Waals surface area contributed by atoms with E-state index in [2.05, 4.69) is 25.9 Å². The third-order valence-corrected chi connectivity index (χ3v) is 8.69. The fraction of sp³-hybridized carbons (Fsp3) is 0.429. The van der Waals surface area contributed by atoms with E-state index in [-0.39, 0.29) is 5.56 Å². The number of benzene rings is 1. The summed E-state index contributed by atoms with van der Waals surface area (Å²) < 4.78 is 6.00. The number of nitrogens with one attached hydrogen (secondary N) is 4. The lowest BCUT2D eigenvalue weighted by molar-refractivity contribution is -0.155. The number of carbonyl (C=O) groups excluding carboxylic acids is 1. The SMILES string of the molecule is CCNC(=O)NC1(C2CNCCC2(C)C(=O)O)N=CC=CN1c1cc(-c2cc(=O)[nH]c(CCOC)n2)c2scnc2c1. The predicted molar refractivity (Wildman–Crippen MR) is 161 cm³/mol. The van der Waals surface area contributed by atoms with E-state index in [0.29, 0.717) is 67.4 Å². The summed E-state index contributed by atoms with van der Waals surface area (Å²) in [5.41, 5.74) is 2.58. The van der Waals surface area contributed by atoms with Crippen LogP contribution >= 0.6 is 11.3 Å². The van der Waals surface area contributed by atoms with Crippen LogP contribution in [0.3, 0.4) is 0 Å². The van der Waals surface area contributed by atoms with Crippen LogP contribution in [-0.4, -0.2) is 77.4 Å². The molecule has 0 radical (unpaired) electrons. The summed E-state index contributed by atoms with van der Waals surface area (Å²) in [6.45, 7) is 5.08. The number of carbonyl (C=O) groups is 2. The first-order chi connectivity index (χ1) is 20.2. The first-order valence-corrected chi connectivity index (χ1v) is 14.6. The van der Waals surface area contributed by atoms with Gasteiger partial charge in [0, 0.05) is 56.4 Å². The van der Waals surface area contributed by atoms with Crippen LogP contribution in [0, 0.1) is 11.3 Å². The maximum Gasteiger partial charge on any atom is 0.318 e. The first-order valence-electron chi connectivity index (χ1n) is 13.7. The lowest BCUT2D eigenvalue weighted by Gasteiger charge is -2.52. The molecule has 14 heteroatoms. The van der Waals surface area contributed by atoms with Crippen molar-refractivity contribution in [3.63, 3.8) is 0 Å². The number of anilines is 1. The summed E-state index contributed by atoms with van der Waals surface area (Å²) in [7, 11) is 1.58. The third kappa shape index (κ3) is 5.40. The van der Waals surface area contributed by atoms with Crippen LogP contribution in [-0.2, 0) is 16.0 Å². The van der Waals surface area contributed by atoms with E-state index in [1.807, 2.05) is 12.1 Å². The van der Waals surface area contributed by atoms with Crippen molar-refractivity contribution in [2.75, 3.05) is 38.3 Å². The maximum atomic E-state index is 13.2. The van der Waals surface area contributed by atoms with Gasteiger partial charge in [-0.3, -0.25) is 14.9 Å². The van der Waals surface area contributed by atoms with Crippen molar-refractivity contribution >= 4 is 45.5 Å². The number of allylic oxidation sites excluding steroid dienone is 1. The molecule has 1 aromatic carbocycles. The smallest absolute Gasteiger partial charge is 0.318 e.